The van der Waals surface area contributed by atoms with Crippen molar-refractivity contribution in [3.8, 4) is 0 Å². The maximum atomic E-state index is 9.06. The smallest absolute Gasteiger partial charge is 0.179 e. The lowest BCUT2D eigenvalue weighted by Gasteiger charge is -2.03. The van der Waals surface area contributed by atoms with Gasteiger partial charge in [0.2, 0.25) is 0 Å². The van der Waals surface area contributed by atoms with Crippen LogP contribution in [-0.2, 0) is 4.79 Å². The van der Waals surface area contributed by atoms with Crippen molar-refractivity contribution in [2.45, 2.75) is 0 Å². The van der Waals surface area contributed by atoms with Gasteiger partial charge in [0.25, 0.3) is 0 Å². The first-order chi connectivity index (χ1) is 2.27. The second-order valence-electron chi connectivity index (χ2n) is 0.431. The highest BCUT2D eigenvalue weighted by atomic mass is 16.3. The molecule has 1 N–H and O–H groups in total. The predicted molar refractivity (Wildman–Crippen MR) is 13.4 cm³/mol. The fourth-order valence-electron chi connectivity index (χ4n) is 0. The molecule has 0 spiro atoms. The SMILES string of the molecule is N=C([O-])[C-]=O. The molecule has 0 aliphatic carbocycles. The third-order valence-corrected chi connectivity index (χ3v) is 0.0927. The zero-order chi connectivity index (χ0) is 4.28. The first-order valence-corrected chi connectivity index (χ1v) is 0.908. The van der Waals surface area contributed by atoms with E-state index in [4.69, 9.17) is 15.3 Å². The Hall–Kier alpha value is -0.860. The largest absolute Gasteiger partial charge is 0.884 e. The van der Waals surface area contributed by atoms with E-state index in [1.807, 2.05) is 0 Å². The fraction of sp³-hybridized carbons (Fsp3) is 0. The Morgan fingerprint density at radius 3 is 2.20 bits per heavy atom. The number of nitrogens with one attached hydrogen (secondary N) is 1. The zero-order valence-electron chi connectivity index (χ0n) is 2.32. The summed E-state index contributed by atoms with van der Waals surface area (Å²) in [6, 6.07) is 0. The van der Waals surface area contributed by atoms with Crippen LogP contribution < -0.4 is 5.11 Å². The van der Waals surface area contributed by atoms with E-state index in [0.29, 0.717) is 0 Å². The molecule has 0 aromatic heterocycles. The summed E-state index contributed by atoms with van der Waals surface area (Å²) >= 11 is 0. The van der Waals surface area contributed by atoms with Crippen LogP contribution >= 0.6 is 0 Å². The van der Waals surface area contributed by atoms with Crippen LogP contribution in [0.3, 0.4) is 0 Å². The van der Waals surface area contributed by atoms with Crippen molar-refractivity contribution in [2.75, 3.05) is 0 Å². The van der Waals surface area contributed by atoms with Crippen molar-refractivity contribution < 1.29 is 9.90 Å². The summed E-state index contributed by atoms with van der Waals surface area (Å²) in [5.74, 6) is -1.30. The van der Waals surface area contributed by atoms with Crippen LogP contribution in [0.25, 0.3) is 0 Å². The highest BCUT2D eigenvalue weighted by Gasteiger charge is 1.34. The van der Waals surface area contributed by atoms with Crippen molar-refractivity contribution in [2.24, 2.45) is 0 Å². The zero-order valence-corrected chi connectivity index (χ0v) is 2.32. The number of rotatable bonds is 1. The minimum atomic E-state index is -1.30. The molecule has 0 saturated carbocycles. The van der Waals surface area contributed by atoms with Crippen molar-refractivity contribution >= 4 is 12.2 Å². The van der Waals surface area contributed by atoms with Crippen molar-refractivity contribution in [1.82, 2.24) is 0 Å². The maximum Gasteiger partial charge on any atom is -0.179 e. The van der Waals surface area contributed by atoms with Crippen molar-refractivity contribution in [1.29, 1.82) is 5.41 Å². The highest BCUT2D eigenvalue weighted by molar-refractivity contribution is 6.19. The Bertz CT molecular complexity index is 58.7. The van der Waals surface area contributed by atoms with Gasteiger partial charge in [-0.05, 0) is 0 Å². The molecule has 3 heteroatoms. The summed E-state index contributed by atoms with van der Waals surface area (Å²) in [4.78, 5) is 8.84. The van der Waals surface area contributed by atoms with Crippen LogP contribution in [0.5, 0.6) is 0 Å². The lowest BCUT2D eigenvalue weighted by atomic mass is 10.8. The van der Waals surface area contributed by atoms with Gasteiger partial charge in [-0.1, -0.05) is 0 Å². The van der Waals surface area contributed by atoms with Crippen LogP contribution in [0.2, 0.25) is 0 Å². The molecule has 0 amide bonds. The van der Waals surface area contributed by atoms with Gasteiger partial charge in [-0.15, -0.1) is 0 Å². The van der Waals surface area contributed by atoms with Gasteiger partial charge in [-0.25, -0.2) is 6.29 Å². The second-order valence-corrected chi connectivity index (χ2v) is 0.431. The average molecular weight is 71.0 g/mol. The molecule has 0 radical (unpaired) electrons. The molecule has 0 aliphatic heterocycles. The summed E-state index contributed by atoms with van der Waals surface area (Å²) in [7, 11) is 0. The van der Waals surface area contributed by atoms with Gasteiger partial charge < -0.3 is 15.3 Å². The van der Waals surface area contributed by atoms with Gasteiger partial charge in [0.1, 0.15) is 0 Å². The Morgan fingerprint density at radius 2 is 2.20 bits per heavy atom. The first-order valence-electron chi connectivity index (χ1n) is 0.908. The number of carbonyl (C=O) groups excluding carboxylic acids is 1. The van der Waals surface area contributed by atoms with Crippen LogP contribution in [0.15, 0.2) is 0 Å². The molecule has 0 rings (SSSR count). The van der Waals surface area contributed by atoms with Crippen molar-refractivity contribution in [3.63, 3.8) is 0 Å². The van der Waals surface area contributed by atoms with Gasteiger partial charge in [0.15, 0.2) is 0 Å². The Morgan fingerprint density at radius 1 is 2.00 bits per heavy atom. The molecule has 0 unspecified atom stereocenters. The molecule has 0 atom stereocenters. The highest BCUT2D eigenvalue weighted by Crippen LogP contribution is 1.32. The van der Waals surface area contributed by atoms with E-state index in [2.05, 4.69) is 0 Å². The molecule has 0 saturated heterocycles. The van der Waals surface area contributed by atoms with E-state index in [9.17, 15) is 0 Å². The molecule has 0 aliphatic rings. The number of hydrogen-bond acceptors (Lipinski definition) is 3. The molecule has 5 heavy (non-hydrogen) atoms. The molecular weight excluding hydrogens is 70.0 g/mol. The monoisotopic (exact) mass is 71.0 g/mol. The van der Waals surface area contributed by atoms with E-state index >= 15 is 0 Å². The molecular formula is C2HNO2-2. The second kappa shape index (κ2) is 1.46. The minimum Gasteiger partial charge on any atom is -0.884 e. The summed E-state index contributed by atoms with van der Waals surface area (Å²) in [5, 5.41) is 14.8. The third kappa shape index (κ3) is 3.14. The van der Waals surface area contributed by atoms with E-state index < -0.39 is 5.90 Å². The van der Waals surface area contributed by atoms with E-state index in [1.165, 1.54) is 0 Å². The fourth-order valence-corrected chi connectivity index (χ4v) is 0. The molecule has 3 nitrogen and oxygen atoms in total. The van der Waals surface area contributed by atoms with Gasteiger partial charge >= 0.3 is 0 Å². The topological polar surface area (TPSA) is 64.0 Å². The third-order valence-electron chi connectivity index (χ3n) is 0.0927. The minimum absolute atomic E-state index is 0.806. The Balaban J connectivity index is 3.20. The van der Waals surface area contributed by atoms with E-state index in [0.717, 1.165) is 6.29 Å². The lowest BCUT2D eigenvalue weighted by molar-refractivity contribution is -0.210. The molecule has 0 aromatic rings. The summed E-state index contributed by atoms with van der Waals surface area (Å²) in [5.41, 5.74) is 0. The molecule has 0 bridgehead atoms. The first kappa shape index (κ1) is 4.14. The van der Waals surface area contributed by atoms with E-state index in [-0.39, 0.29) is 0 Å². The van der Waals surface area contributed by atoms with Crippen LogP contribution in [0, 0.1) is 5.41 Å². The molecule has 28 valence electrons. The normalized spacial score (nSPS) is 6.40. The van der Waals surface area contributed by atoms with E-state index in [1.54, 1.807) is 0 Å². The van der Waals surface area contributed by atoms with Gasteiger partial charge in [0, 0.05) is 0 Å². The molecule has 0 fully saturated rings. The Labute approximate surface area is 28.7 Å². The Kier molecular flexibility index (Phi) is 1.21. The maximum absolute atomic E-state index is 9.06. The average Bonchev–Trinajstić information content (AvgIpc) is 1.38. The lowest BCUT2D eigenvalue weighted by Crippen LogP contribution is -2.15. The molecule has 0 aromatic carbocycles. The van der Waals surface area contributed by atoms with Crippen LogP contribution in [0.1, 0.15) is 0 Å². The quantitative estimate of drug-likeness (QED) is 0.230. The summed E-state index contributed by atoms with van der Waals surface area (Å²) < 4.78 is 0. The van der Waals surface area contributed by atoms with Crippen LogP contribution in [-0.4, -0.2) is 12.2 Å². The van der Waals surface area contributed by atoms with Crippen molar-refractivity contribution in [3.05, 3.63) is 0 Å². The van der Waals surface area contributed by atoms with Crippen LogP contribution in [0.4, 0.5) is 0 Å². The van der Waals surface area contributed by atoms with Gasteiger partial charge in [-0.2, -0.15) is 5.90 Å². The molecule has 0 heterocycles. The standard InChI is InChI=1S/C2H2NO2/c3-2(5)1-4/h(H2,3,5)/q-1/p-1. The number of hydrogen-bond donors (Lipinski definition) is 1. The predicted octanol–water partition coefficient (Wildman–Crippen LogP) is -1.57. The van der Waals surface area contributed by atoms with Gasteiger partial charge in [0.05, 0.1) is 0 Å². The van der Waals surface area contributed by atoms with Gasteiger partial charge in [-0.3, -0.25) is 0 Å². The summed E-state index contributed by atoms with van der Waals surface area (Å²) in [6.45, 7) is 0. The summed E-state index contributed by atoms with van der Waals surface area (Å²) in [6.07, 6.45) is 0.806.